The molecule has 5 rings (SSSR count). The van der Waals surface area contributed by atoms with Gasteiger partial charge in [-0.2, -0.15) is 5.10 Å². The van der Waals surface area contributed by atoms with Crippen LogP contribution in [-0.4, -0.2) is 97.2 Å². The van der Waals surface area contributed by atoms with E-state index in [0.717, 1.165) is 5.57 Å². The fourth-order valence-corrected chi connectivity index (χ4v) is 7.01. The Morgan fingerprint density at radius 2 is 1.89 bits per heavy atom. The number of allylic oxidation sites excluding steroid dienone is 1. The minimum atomic E-state index is -2.69. The van der Waals surface area contributed by atoms with E-state index in [2.05, 4.69) is 10.2 Å². The van der Waals surface area contributed by atoms with Crippen molar-refractivity contribution in [2.45, 2.75) is 44.9 Å². The summed E-state index contributed by atoms with van der Waals surface area (Å²) >= 11 is 0. The summed E-state index contributed by atoms with van der Waals surface area (Å²) in [5.74, 6) is -6.74. The first-order chi connectivity index (χ1) is 20.2. The molecule has 0 saturated heterocycles. The van der Waals surface area contributed by atoms with Crippen molar-refractivity contribution in [1.82, 2.24) is 20.0 Å². The largest absolute Gasteiger partial charge is 1.00 e. The molecule has 14 heteroatoms. The Hall–Kier alpha value is -1.89. The predicted octanol–water partition coefficient (Wildman–Crippen LogP) is -4.24. The van der Waals surface area contributed by atoms with Gasteiger partial charge in [-0.3, -0.25) is 29.3 Å². The van der Waals surface area contributed by atoms with E-state index < -0.39 is 58.0 Å². The van der Waals surface area contributed by atoms with E-state index in [4.69, 9.17) is 5.73 Å². The van der Waals surface area contributed by atoms with Crippen LogP contribution in [0.25, 0.3) is 16.9 Å². The molecule has 2 aromatic rings. The average Bonchev–Trinajstić information content (AvgIpc) is 3.46. The van der Waals surface area contributed by atoms with E-state index in [1.165, 1.54) is 4.90 Å². The van der Waals surface area contributed by atoms with E-state index in [9.17, 15) is 34.8 Å². The summed E-state index contributed by atoms with van der Waals surface area (Å²) < 4.78 is 0. The third kappa shape index (κ3) is 6.13. The molecule has 0 spiro atoms. The number of fused-ring (bicyclic) bond motifs is 3. The topological polar surface area (TPSA) is 193 Å². The van der Waals surface area contributed by atoms with Crippen LogP contribution in [-0.2, 0) is 27.3 Å². The number of carbonyl (C=O) groups excluding carboxylic acids is 3. The molecule has 3 aliphatic carbocycles. The molecule has 1 saturated carbocycles. The fourth-order valence-electron chi connectivity index (χ4n) is 7.01. The number of primary amides is 1. The van der Waals surface area contributed by atoms with E-state index in [-0.39, 0.29) is 105 Å². The van der Waals surface area contributed by atoms with E-state index in [1.54, 1.807) is 26.5 Å². The van der Waals surface area contributed by atoms with Crippen LogP contribution < -0.4 is 81.1 Å². The Balaban J connectivity index is 0.00000276. The Labute approximate surface area is 320 Å². The van der Waals surface area contributed by atoms with Crippen molar-refractivity contribution in [2.24, 2.45) is 17.6 Å². The number of nitrogens with two attached hydrogens (primary N) is 1. The van der Waals surface area contributed by atoms with Gasteiger partial charge in [-0.05, 0) is 70.9 Å². The van der Waals surface area contributed by atoms with Crippen LogP contribution in [0, 0.1) is 11.8 Å². The van der Waals surface area contributed by atoms with Crippen molar-refractivity contribution in [1.29, 1.82) is 0 Å². The number of aliphatic hydroxyl groups excluding tert-OH is 2. The molecule has 0 radical (unpaired) electrons. The number of phenols is 1. The van der Waals surface area contributed by atoms with Gasteiger partial charge in [-0.1, -0.05) is 11.6 Å². The maximum atomic E-state index is 14.2. The van der Waals surface area contributed by atoms with Crippen molar-refractivity contribution in [3.8, 4) is 16.9 Å². The number of ketones is 2. The number of likely N-dealkylation sites (N-methyl/N-ethyl adjacent to an activating group) is 2. The predicted molar refractivity (Wildman–Crippen MR) is 158 cm³/mol. The van der Waals surface area contributed by atoms with Crippen LogP contribution in [0.3, 0.4) is 0 Å². The molecular weight excluding hydrogens is 720 g/mol. The number of aromatic hydroxyl groups is 1. The number of benzene rings is 1. The number of rotatable bonds is 7. The Morgan fingerprint density at radius 1 is 1.22 bits per heavy atom. The quantitative estimate of drug-likeness (QED) is 0.0698. The van der Waals surface area contributed by atoms with Gasteiger partial charge in [-0.15, -0.1) is 0 Å². The second-order valence-electron chi connectivity index (χ2n) is 12.0. The Morgan fingerprint density at radius 3 is 2.44 bits per heavy atom. The van der Waals surface area contributed by atoms with Crippen LogP contribution in [0.4, 0.5) is 0 Å². The molecule has 1 aromatic carbocycles. The zero-order valence-corrected chi connectivity index (χ0v) is 31.5. The number of nitrogens with one attached hydrogen (secondary N) is 1. The van der Waals surface area contributed by atoms with Gasteiger partial charge in [0, 0.05) is 41.9 Å². The second kappa shape index (κ2) is 14.1. The standard InChI is InChI=1S/C31H37N5O7.HI.K/c1-6-14(2)12-36(5)13-16-8-18(17-10-33-34-11-17)19-7-15-9-20-24(35(3)4)27(39)23(30(32)42)29(41)31(20,43)28(40)21(15)26(38)22(19)25(16)37;;/h6,8,10-11,15,20,24,37-38,41,43H,7,9,12-13H2,1-5H3,(H2,32,42)(H,33,34);1H;/q;;+1/p-1/b14-6+;;/t15-,20-,24?,31-;;/m0../s1. The maximum absolute atomic E-state index is 14.2. The van der Waals surface area contributed by atoms with Crippen LogP contribution >= 0.6 is 0 Å². The summed E-state index contributed by atoms with van der Waals surface area (Å²) in [6.45, 7) is 4.89. The van der Waals surface area contributed by atoms with Crippen molar-refractivity contribution in [3.63, 3.8) is 0 Å². The van der Waals surface area contributed by atoms with Crippen LogP contribution in [0.15, 0.2) is 47.0 Å². The number of amides is 1. The number of aromatic amines is 1. The zero-order chi connectivity index (χ0) is 31.5. The van der Waals surface area contributed by atoms with E-state index >= 15 is 0 Å². The zero-order valence-electron chi connectivity index (χ0n) is 26.2. The molecule has 12 nitrogen and oxygen atoms in total. The third-order valence-corrected chi connectivity index (χ3v) is 9.06. The number of nitrogens with zero attached hydrogens (tertiary/aromatic N) is 3. The summed E-state index contributed by atoms with van der Waals surface area (Å²) in [4.78, 5) is 43.2. The molecule has 4 atom stereocenters. The molecule has 0 aliphatic heterocycles. The number of H-pyrrole nitrogens is 1. The molecule has 7 N–H and O–H groups in total. The van der Waals surface area contributed by atoms with Gasteiger partial charge in [-0.25, -0.2) is 0 Å². The number of phenolic OH excluding ortho intramolecular Hbond substituents is 1. The molecule has 1 amide bonds. The van der Waals surface area contributed by atoms with Crippen molar-refractivity contribution in [3.05, 3.63) is 63.7 Å². The van der Waals surface area contributed by atoms with E-state index in [0.29, 0.717) is 35.3 Å². The number of hydrogen-bond acceptors (Lipinski definition) is 10. The van der Waals surface area contributed by atoms with Gasteiger partial charge in [0.25, 0.3) is 5.91 Å². The summed E-state index contributed by atoms with van der Waals surface area (Å²) in [5, 5.41) is 53.1. The minimum Gasteiger partial charge on any atom is -1.00 e. The van der Waals surface area contributed by atoms with Gasteiger partial charge in [0.1, 0.15) is 22.8 Å². The first-order valence-corrected chi connectivity index (χ1v) is 14.1. The SMILES string of the molecule is C/C=C(\C)CN(C)Cc1cc(-c2cn[nH]c2)c2c(c1O)C(O)=C1C(=O)[C@]3(O)C(O)=C(C(N)=O)C(=O)C(N(C)C)[C@@H]3C[C@@H]1C2.[I-].[K+]. The van der Waals surface area contributed by atoms with Crippen molar-refractivity contribution < 1.29 is 110 Å². The molecule has 45 heavy (non-hydrogen) atoms. The summed E-state index contributed by atoms with van der Waals surface area (Å²) in [6, 6.07) is 0.706. The number of carbonyl (C=O) groups is 3. The molecule has 0 bridgehead atoms. The monoisotopic (exact) mass is 757 g/mol. The van der Waals surface area contributed by atoms with Crippen molar-refractivity contribution in [2.75, 3.05) is 27.7 Å². The maximum Gasteiger partial charge on any atom is 1.00 e. The fraction of sp³-hybridized carbons (Fsp3) is 0.419. The Kier molecular flexibility index (Phi) is 11.7. The number of aliphatic hydroxyl groups is 3. The van der Waals surface area contributed by atoms with Gasteiger partial charge >= 0.3 is 51.4 Å². The number of Topliss-reactive ketones (excluding diaryl/α,β-unsaturated/α-hetero) is 2. The summed E-state index contributed by atoms with van der Waals surface area (Å²) in [7, 11) is 5.03. The van der Waals surface area contributed by atoms with Gasteiger partial charge in [0.05, 0.1) is 17.8 Å². The summed E-state index contributed by atoms with van der Waals surface area (Å²) in [5.41, 5.74) is 5.39. The number of aromatic nitrogens is 2. The van der Waals surface area contributed by atoms with Crippen molar-refractivity contribution >= 4 is 23.2 Å². The molecular formula is C31H37IKN5O7. The number of hydrogen-bond donors (Lipinski definition) is 6. The summed E-state index contributed by atoms with van der Waals surface area (Å²) in [6.07, 6.45) is 5.53. The van der Waals surface area contributed by atoms with Crippen LogP contribution in [0.1, 0.15) is 37.0 Å². The van der Waals surface area contributed by atoms with Gasteiger partial charge in [0.2, 0.25) is 5.78 Å². The molecule has 1 heterocycles. The van der Waals surface area contributed by atoms with Gasteiger partial charge in [0.15, 0.2) is 11.4 Å². The first kappa shape index (κ1) is 37.6. The average molecular weight is 758 g/mol. The van der Waals surface area contributed by atoms with Crippen LogP contribution in [0.2, 0.25) is 0 Å². The van der Waals surface area contributed by atoms with E-state index in [1.807, 2.05) is 37.9 Å². The molecule has 1 aromatic heterocycles. The molecule has 236 valence electrons. The Bertz CT molecular complexity index is 1630. The first-order valence-electron chi connectivity index (χ1n) is 14.1. The molecule has 1 fully saturated rings. The minimum absolute atomic E-state index is 0. The molecule has 1 unspecified atom stereocenters. The second-order valence-corrected chi connectivity index (χ2v) is 12.0. The van der Waals surface area contributed by atoms with Gasteiger partial charge < -0.3 is 50.1 Å². The van der Waals surface area contributed by atoms with Crippen LogP contribution in [0.5, 0.6) is 5.75 Å². The smallest absolute Gasteiger partial charge is 1.00 e. The third-order valence-electron chi connectivity index (χ3n) is 9.06. The number of halogens is 1. The molecule has 3 aliphatic rings. The normalized spacial score (nSPS) is 24.6.